The van der Waals surface area contributed by atoms with E-state index in [0.717, 1.165) is 0 Å². The summed E-state index contributed by atoms with van der Waals surface area (Å²) >= 11 is 11.7. The molecule has 0 unspecified atom stereocenters. The second-order valence-electron chi connectivity index (χ2n) is 4.85. The quantitative estimate of drug-likeness (QED) is 0.800. The molecule has 0 aromatic heterocycles. The Hall–Kier alpha value is -2.57. The van der Waals surface area contributed by atoms with E-state index in [2.05, 4.69) is 10.1 Å². The van der Waals surface area contributed by atoms with Crippen molar-refractivity contribution < 1.29 is 23.9 Å². The summed E-state index contributed by atoms with van der Waals surface area (Å²) in [6, 6.07) is 10.2. The van der Waals surface area contributed by atoms with Crippen LogP contribution < -0.4 is 5.32 Å². The number of rotatable bonds is 5. The van der Waals surface area contributed by atoms with Crippen molar-refractivity contribution in [2.24, 2.45) is 0 Å². The molecule has 0 aliphatic rings. The third-order valence-electron chi connectivity index (χ3n) is 3.02. The highest BCUT2D eigenvalue weighted by molar-refractivity contribution is 6.35. The van der Waals surface area contributed by atoms with Crippen molar-refractivity contribution in [2.45, 2.75) is 0 Å². The van der Waals surface area contributed by atoms with E-state index in [4.69, 9.17) is 27.9 Å². The first-order valence-electron chi connectivity index (χ1n) is 7.00. The normalized spacial score (nSPS) is 10.0. The fourth-order valence-electron chi connectivity index (χ4n) is 1.90. The lowest BCUT2D eigenvalue weighted by atomic mass is 10.1. The van der Waals surface area contributed by atoms with E-state index in [1.807, 2.05) is 0 Å². The molecule has 2 aromatic rings. The Kier molecular flexibility index (Phi) is 6.38. The molecule has 6 nitrogen and oxygen atoms in total. The summed E-state index contributed by atoms with van der Waals surface area (Å²) < 4.78 is 9.48. The van der Waals surface area contributed by atoms with E-state index >= 15 is 0 Å². The maximum Gasteiger partial charge on any atom is 0.338 e. The van der Waals surface area contributed by atoms with E-state index in [1.54, 1.807) is 0 Å². The third kappa shape index (κ3) is 5.48. The van der Waals surface area contributed by atoms with Crippen LogP contribution in [0.4, 0.5) is 5.69 Å². The number of ether oxygens (including phenoxy) is 2. The van der Waals surface area contributed by atoms with Crippen molar-refractivity contribution in [3.8, 4) is 0 Å². The number of methoxy groups -OCH3 is 1. The van der Waals surface area contributed by atoms with Crippen LogP contribution in [0.3, 0.4) is 0 Å². The Bertz CT molecular complexity index is 785. The van der Waals surface area contributed by atoms with Crippen molar-refractivity contribution >= 4 is 46.7 Å². The number of hydrogen-bond donors (Lipinski definition) is 1. The molecule has 130 valence electrons. The van der Waals surface area contributed by atoms with E-state index in [1.165, 1.54) is 49.6 Å². The second-order valence-corrected chi connectivity index (χ2v) is 5.72. The van der Waals surface area contributed by atoms with Crippen molar-refractivity contribution in [2.75, 3.05) is 19.0 Å². The molecule has 0 aliphatic heterocycles. The van der Waals surface area contributed by atoms with Gasteiger partial charge in [0.25, 0.3) is 5.91 Å². The van der Waals surface area contributed by atoms with E-state index in [-0.39, 0.29) is 5.56 Å². The molecule has 0 bridgehead atoms. The summed E-state index contributed by atoms with van der Waals surface area (Å²) in [4.78, 5) is 35.0. The monoisotopic (exact) mass is 381 g/mol. The molecule has 0 fully saturated rings. The van der Waals surface area contributed by atoms with Crippen LogP contribution in [0.2, 0.25) is 10.0 Å². The Labute approximate surface area is 153 Å². The number of carbonyl (C=O) groups excluding carboxylic acids is 3. The summed E-state index contributed by atoms with van der Waals surface area (Å²) in [5.74, 6) is -1.76. The molecule has 1 amide bonds. The van der Waals surface area contributed by atoms with Crippen LogP contribution in [0.1, 0.15) is 20.7 Å². The molecule has 2 rings (SSSR count). The number of anilines is 1. The predicted molar refractivity (Wildman–Crippen MR) is 93.2 cm³/mol. The average Bonchev–Trinajstić information content (AvgIpc) is 2.58. The predicted octanol–water partition coefficient (Wildman–Crippen LogP) is 3.58. The van der Waals surface area contributed by atoms with Gasteiger partial charge < -0.3 is 14.8 Å². The van der Waals surface area contributed by atoms with Crippen LogP contribution in [0.25, 0.3) is 0 Å². The largest absolute Gasteiger partial charge is 0.465 e. The van der Waals surface area contributed by atoms with Gasteiger partial charge in [-0.05, 0) is 42.5 Å². The Balaban J connectivity index is 1.90. The van der Waals surface area contributed by atoms with E-state index in [9.17, 15) is 14.4 Å². The number of amides is 1. The van der Waals surface area contributed by atoms with Crippen molar-refractivity contribution in [1.29, 1.82) is 0 Å². The third-order valence-corrected chi connectivity index (χ3v) is 3.46. The Morgan fingerprint density at radius 1 is 0.920 bits per heavy atom. The fourth-order valence-corrected chi connectivity index (χ4v) is 2.42. The van der Waals surface area contributed by atoms with Crippen molar-refractivity contribution in [3.05, 3.63) is 63.6 Å². The molecule has 0 heterocycles. The minimum Gasteiger partial charge on any atom is -0.465 e. The van der Waals surface area contributed by atoms with Gasteiger partial charge in [0.05, 0.1) is 18.2 Å². The van der Waals surface area contributed by atoms with Gasteiger partial charge in [-0.25, -0.2) is 9.59 Å². The van der Waals surface area contributed by atoms with Crippen LogP contribution in [0, 0.1) is 0 Å². The molecule has 0 spiro atoms. The van der Waals surface area contributed by atoms with Gasteiger partial charge in [0.2, 0.25) is 0 Å². The summed E-state index contributed by atoms with van der Waals surface area (Å²) in [6.45, 7) is -0.484. The minimum absolute atomic E-state index is 0.200. The van der Waals surface area contributed by atoms with Gasteiger partial charge in [-0.3, -0.25) is 4.79 Å². The number of esters is 2. The van der Waals surface area contributed by atoms with Crippen LogP contribution in [0.5, 0.6) is 0 Å². The average molecular weight is 382 g/mol. The lowest BCUT2D eigenvalue weighted by Crippen LogP contribution is -2.21. The van der Waals surface area contributed by atoms with Crippen LogP contribution in [0.15, 0.2) is 42.5 Å². The number of hydrogen-bond acceptors (Lipinski definition) is 5. The van der Waals surface area contributed by atoms with Gasteiger partial charge >= 0.3 is 11.9 Å². The van der Waals surface area contributed by atoms with E-state index in [0.29, 0.717) is 21.3 Å². The lowest BCUT2D eigenvalue weighted by molar-refractivity contribution is -0.119. The standard InChI is InChI=1S/C17H13Cl2NO5/c1-24-16(22)10-2-4-11(5-3-10)17(23)25-9-15(21)20-14-7-12(18)6-13(19)8-14/h2-8H,9H2,1H3,(H,20,21). The first-order valence-corrected chi connectivity index (χ1v) is 7.76. The molecule has 0 atom stereocenters. The number of carbonyl (C=O) groups is 3. The molecular weight excluding hydrogens is 369 g/mol. The Morgan fingerprint density at radius 3 is 1.96 bits per heavy atom. The zero-order valence-electron chi connectivity index (χ0n) is 13.0. The number of benzene rings is 2. The molecule has 1 N–H and O–H groups in total. The van der Waals surface area contributed by atoms with Gasteiger partial charge in [0.1, 0.15) is 0 Å². The van der Waals surface area contributed by atoms with Crippen LogP contribution >= 0.6 is 23.2 Å². The van der Waals surface area contributed by atoms with Crippen LogP contribution in [-0.4, -0.2) is 31.6 Å². The smallest absolute Gasteiger partial charge is 0.338 e. The zero-order chi connectivity index (χ0) is 18.4. The highest BCUT2D eigenvalue weighted by atomic mass is 35.5. The molecular formula is C17H13Cl2NO5. The molecule has 0 saturated carbocycles. The SMILES string of the molecule is COC(=O)c1ccc(C(=O)OCC(=O)Nc2cc(Cl)cc(Cl)c2)cc1. The summed E-state index contributed by atoms with van der Waals surface area (Å²) in [7, 11) is 1.26. The highest BCUT2D eigenvalue weighted by Gasteiger charge is 2.12. The first kappa shape index (κ1) is 18.8. The molecule has 0 saturated heterocycles. The van der Waals surface area contributed by atoms with Gasteiger partial charge in [0.15, 0.2) is 6.61 Å². The lowest BCUT2D eigenvalue weighted by Gasteiger charge is -2.08. The molecule has 8 heteroatoms. The number of nitrogens with one attached hydrogen (secondary N) is 1. The van der Waals surface area contributed by atoms with Gasteiger partial charge in [-0.1, -0.05) is 23.2 Å². The maximum atomic E-state index is 11.9. The Morgan fingerprint density at radius 2 is 1.44 bits per heavy atom. The first-order chi connectivity index (χ1) is 11.9. The van der Waals surface area contributed by atoms with Crippen molar-refractivity contribution in [3.63, 3.8) is 0 Å². The minimum atomic E-state index is -0.698. The summed E-state index contributed by atoms with van der Waals surface area (Å²) in [6.07, 6.45) is 0. The van der Waals surface area contributed by atoms with Gasteiger partial charge in [-0.15, -0.1) is 0 Å². The molecule has 25 heavy (non-hydrogen) atoms. The summed E-state index contributed by atoms with van der Waals surface area (Å²) in [5.41, 5.74) is 0.891. The molecule has 0 radical (unpaired) electrons. The maximum absolute atomic E-state index is 11.9. The van der Waals surface area contributed by atoms with E-state index < -0.39 is 24.5 Å². The molecule has 0 aliphatic carbocycles. The topological polar surface area (TPSA) is 81.7 Å². The van der Waals surface area contributed by atoms with Gasteiger partial charge in [0, 0.05) is 15.7 Å². The zero-order valence-corrected chi connectivity index (χ0v) is 14.6. The number of halogens is 2. The van der Waals surface area contributed by atoms with Gasteiger partial charge in [-0.2, -0.15) is 0 Å². The van der Waals surface area contributed by atoms with Crippen LogP contribution in [-0.2, 0) is 14.3 Å². The molecule has 2 aromatic carbocycles. The van der Waals surface area contributed by atoms with Crippen molar-refractivity contribution in [1.82, 2.24) is 0 Å². The highest BCUT2D eigenvalue weighted by Crippen LogP contribution is 2.22. The fraction of sp³-hybridized carbons (Fsp3) is 0.118. The second kappa shape index (κ2) is 8.50. The summed E-state index contributed by atoms with van der Waals surface area (Å²) in [5, 5.41) is 3.25.